The molecule has 0 saturated heterocycles. The van der Waals surface area contributed by atoms with Gasteiger partial charge < -0.3 is 19.9 Å². The van der Waals surface area contributed by atoms with Crippen molar-refractivity contribution in [3.05, 3.63) is 152 Å². The summed E-state index contributed by atoms with van der Waals surface area (Å²) in [5.74, 6) is -0.0893. The fraction of sp³-hybridized carbons (Fsp3) is 0.257. The van der Waals surface area contributed by atoms with Crippen LogP contribution in [-0.2, 0) is 28.9 Å². The monoisotopic (exact) mass is 648 g/mol. The van der Waals surface area contributed by atoms with E-state index in [1.807, 2.05) is 0 Å². The van der Waals surface area contributed by atoms with E-state index in [0.29, 0.717) is 52.3 Å². The zero-order valence-corrected chi connectivity index (χ0v) is 25.9. The van der Waals surface area contributed by atoms with Crippen molar-refractivity contribution in [2.75, 3.05) is 19.8 Å². The van der Waals surface area contributed by atoms with E-state index < -0.39 is 17.6 Å². The number of rotatable bonds is 15. The van der Waals surface area contributed by atoms with Gasteiger partial charge in [0.05, 0.1) is 13.2 Å². The molecule has 2 N–H and O–H groups in total. The minimum absolute atomic E-state index is 0.00202. The van der Waals surface area contributed by atoms with E-state index in [4.69, 9.17) is 25.1 Å². The summed E-state index contributed by atoms with van der Waals surface area (Å²) in [4.78, 5) is 25.5. The van der Waals surface area contributed by atoms with Crippen LogP contribution in [0.5, 0.6) is 5.75 Å². The Morgan fingerprint density at radius 2 is 1.67 bits per heavy atom. The Morgan fingerprint density at radius 3 is 2.40 bits per heavy atom. The zero-order valence-electron chi connectivity index (χ0n) is 25.9. The van der Waals surface area contributed by atoms with E-state index in [9.17, 15) is 14.7 Å². The summed E-state index contributed by atoms with van der Waals surface area (Å²) in [7, 11) is 0. The van der Waals surface area contributed by atoms with E-state index in [1.165, 1.54) is 6.07 Å². The Balaban J connectivity index is 1.61. The second-order valence-corrected chi connectivity index (χ2v) is 11.0. The molecule has 1 aliphatic rings. The van der Waals surface area contributed by atoms with Crippen molar-refractivity contribution in [2.24, 2.45) is 15.2 Å². The van der Waals surface area contributed by atoms with E-state index in [2.05, 4.69) is 25.4 Å². The van der Waals surface area contributed by atoms with Crippen molar-refractivity contribution >= 4 is 17.5 Å². The van der Waals surface area contributed by atoms with E-state index in [1.54, 1.807) is 91.0 Å². The molecule has 0 saturated carbocycles. The third kappa shape index (κ3) is 7.73. The number of hydrogen-bond acceptors (Lipinski definition) is 7. The first kappa shape index (κ1) is 33.5. The van der Waals surface area contributed by atoms with Gasteiger partial charge in [0.25, 0.3) is 5.91 Å². The van der Waals surface area contributed by atoms with Crippen LogP contribution in [0.15, 0.2) is 112 Å². The number of ether oxygens (including phenoxy) is 2. The van der Waals surface area contributed by atoms with Gasteiger partial charge in [-0.2, -0.15) is 0 Å². The highest BCUT2D eigenvalue weighted by atomic mass is 19.1. The van der Waals surface area contributed by atoms with Crippen LogP contribution in [0.2, 0.25) is 0 Å². The van der Waals surface area contributed by atoms with Crippen molar-refractivity contribution in [3.8, 4) is 5.75 Å². The number of benzene rings is 4. The molecule has 0 bridgehead atoms. The van der Waals surface area contributed by atoms with Crippen molar-refractivity contribution in [3.63, 3.8) is 0 Å². The maximum Gasteiger partial charge on any atom is 0.252 e. The minimum atomic E-state index is -1.64. The average molecular weight is 649 g/mol. The van der Waals surface area contributed by atoms with Crippen LogP contribution in [0.3, 0.4) is 0 Å². The Bertz CT molecular complexity index is 1870. The zero-order chi connectivity index (χ0) is 33.8. The topological polar surface area (TPSA) is 178 Å². The lowest BCUT2D eigenvalue weighted by atomic mass is 9.80. The highest BCUT2D eigenvalue weighted by molar-refractivity contribution is 6.01. The molecule has 0 aromatic heterocycles. The van der Waals surface area contributed by atoms with Gasteiger partial charge in [0, 0.05) is 47.1 Å². The maximum absolute atomic E-state index is 14.6. The Labute approximate surface area is 276 Å². The summed E-state index contributed by atoms with van der Waals surface area (Å²) >= 11 is 0. The number of azide groups is 2. The molecule has 13 heteroatoms. The second kappa shape index (κ2) is 16.1. The number of aliphatic hydroxyl groups excluding tert-OH is 1. The molecule has 0 unspecified atom stereocenters. The fourth-order valence-electron chi connectivity index (χ4n) is 5.56. The van der Waals surface area contributed by atoms with Crippen LogP contribution in [0.25, 0.3) is 20.9 Å². The first-order valence-electron chi connectivity index (χ1n) is 15.3. The van der Waals surface area contributed by atoms with Gasteiger partial charge in [-0.1, -0.05) is 77.0 Å². The number of aliphatic imine (C=N–C) groups is 1. The predicted molar refractivity (Wildman–Crippen MR) is 178 cm³/mol. The Morgan fingerprint density at radius 1 is 0.958 bits per heavy atom. The smallest absolute Gasteiger partial charge is 0.252 e. The number of carbonyl (C=O) groups excluding carboxylic acids is 1. The quantitative estimate of drug-likeness (QED) is 0.0600. The van der Waals surface area contributed by atoms with Gasteiger partial charge >= 0.3 is 0 Å². The highest BCUT2D eigenvalue weighted by Gasteiger charge is 2.54. The molecule has 0 aliphatic carbocycles. The average Bonchev–Trinajstić information content (AvgIpc) is 3.50. The van der Waals surface area contributed by atoms with Gasteiger partial charge in [0.1, 0.15) is 11.6 Å². The largest absolute Gasteiger partial charge is 0.494 e. The standard InChI is InChI=1S/C35H33FN8O4/c36-30-12-5-2-8-24(30)18-19-39-34(46)35(22-26-9-3-6-13-31(26)42-44-38)32(29-11-4-1-10-27(29)23-40-43-37)48-33(41-35)25-14-16-28(17-15-25)47-21-7-20-45/h1-6,8-17,32,45H,7,18-23H2,(H,39,46)/t32-,35-/m1/s1. The molecule has 5 rings (SSSR count). The third-order valence-electron chi connectivity index (χ3n) is 7.91. The van der Waals surface area contributed by atoms with Gasteiger partial charge in [-0.25, -0.2) is 9.38 Å². The minimum Gasteiger partial charge on any atom is -0.494 e. The molecule has 4 aromatic carbocycles. The summed E-state index contributed by atoms with van der Waals surface area (Å²) < 4.78 is 26.7. The predicted octanol–water partition coefficient (Wildman–Crippen LogP) is 7.20. The molecule has 244 valence electrons. The van der Waals surface area contributed by atoms with Crippen LogP contribution in [0.4, 0.5) is 10.1 Å². The fourth-order valence-corrected chi connectivity index (χ4v) is 5.56. The molecule has 4 aromatic rings. The molecule has 12 nitrogen and oxygen atoms in total. The van der Waals surface area contributed by atoms with Crippen LogP contribution >= 0.6 is 0 Å². The Kier molecular flexibility index (Phi) is 11.2. The SMILES string of the molecule is [N-]=[N+]=NCc1ccccc1[C@H]1OC(c2ccc(OCCCO)cc2)=N[C@@]1(Cc1ccccc1N=[N+]=[N-])C(=O)NCCc1ccccc1F. The molecule has 2 atom stereocenters. The lowest BCUT2D eigenvalue weighted by Crippen LogP contribution is -2.50. The number of amides is 1. The second-order valence-electron chi connectivity index (χ2n) is 11.0. The van der Waals surface area contributed by atoms with Gasteiger partial charge in [-0.15, -0.1) is 0 Å². The number of nitrogens with zero attached hydrogens (tertiary/aromatic N) is 7. The molecule has 1 heterocycles. The Hall–Kier alpha value is -5.87. The van der Waals surface area contributed by atoms with E-state index in [-0.39, 0.29) is 44.3 Å². The summed E-state index contributed by atoms with van der Waals surface area (Å²) in [6.07, 6.45) is -0.317. The normalized spacial score (nSPS) is 16.5. The molecular weight excluding hydrogens is 615 g/mol. The summed E-state index contributed by atoms with van der Waals surface area (Å²) in [6, 6.07) is 27.5. The number of nitrogens with one attached hydrogen (secondary N) is 1. The van der Waals surface area contributed by atoms with Crippen LogP contribution in [0, 0.1) is 5.82 Å². The van der Waals surface area contributed by atoms with Gasteiger partial charge in [0.15, 0.2) is 11.6 Å². The van der Waals surface area contributed by atoms with Crippen LogP contribution < -0.4 is 10.1 Å². The van der Waals surface area contributed by atoms with Crippen molar-refractivity contribution < 1.29 is 23.8 Å². The number of halogens is 1. The van der Waals surface area contributed by atoms with E-state index >= 15 is 0 Å². The van der Waals surface area contributed by atoms with Gasteiger partial charge in [0.2, 0.25) is 5.90 Å². The molecule has 0 radical (unpaired) electrons. The lowest BCUT2D eigenvalue weighted by molar-refractivity contribution is -0.128. The molecule has 1 aliphatic heterocycles. The number of carbonyl (C=O) groups is 1. The van der Waals surface area contributed by atoms with Crippen LogP contribution in [-0.4, -0.2) is 42.2 Å². The summed E-state index contributed by atoms with van der Waals surface area (Å²) in [5, 5.41) is 19.7. The summed E-state index contributed by atoms with van der Waals surface area (Å²) in [5.41, 5.74) is 19.9. The highest BCUT2D eigenvalue weighted by Crippen LogP contribution is 2.45. The maximum atomic E-state index is 14.6. The first-order valence-corrected chi connectivity index (χ1v) is 15.3. The molecule has 1 amide bonds. The van der Waals surface area contributed by atoms with Gasteiger partial charge in [-0.05, 0) is 70.1 Å². The first-order chi connectivity index (χ1) is 23.5. The van der Waals surface area contributed by atoms with Crippen molar-refractivity contribution in [1.82, 2.24) is 5.32 Å². The van der Waals surface area contributed by atoms with E-state index in [0.717, 1.165) is 0 Å². The molecular formula is C35H33FN8O4. The van der Waals surface area contributed by atoms with Crippen LogP contribution in [0.1, 0.15) is 40.3 Å². The van der Waals surface area contributed by atoms with Gasteiger partial charge in [-0.3, -0.25) is 4.79 Å². The molecule has 0 fully saturated rings. The number of hydrogen-bond donors (Lipinski definition) is 2. The summed E-state index contributed by atoms with van der Waals surface area (Å²) in [6.45, 7) is 0.468. The molecule has 0 spiro atoms. The third-order valence-corrected chi connectivity index (χ3v) is 7.91. The molecule has 48 heavy (non-hydrogen) atoms. The van der Waals surface area contributed by atoms with Crippen molar-refractivity contribution in [1.29, 1.82) is 0 Å². The number of aliphatic hydroxyl groups is 1. The lowest BCUT2D eigenvalue weighted by Gasteiger charge is -2.32. The van der Waals surface area contributed by atoms with Crippen molar-refractivity contribution in [2.45, 2.75) is 37.5 Å².